The molecule has 0 aliphatic carbocycles. The van der Waals surface area contributed by atoms with Gasteiger partial charge in [-0.25, -0.2) is 4.79 Å². The largest absolute Gasteiger partial charge is 0.478 e. The standard InChI is InChI=1S/C13H7ClN2O3/c14-9-1-2-11(10(5-9)13(17)18)19-12-7-16-4-3-8(12)6-15/h1-5,7H,(H,17,18). The highest BCUT2D eigenvalue weighted by Gasteiger charge is 2.14. The number of carboxylic acids is 1. The maximum atomic E-state index is 11.1. The molecule has 0 aliphatic heterocycles. The lowest BCUT2D eigenvalue weighted by Crippen LogP contribution is -2.00. The zero-order chi connectivity index (χ0) is 13.8. The molecular weight excluding hydrogens is 268 g/mol. The third kappa shape index (κ3) is 2.81. The average molecular weight is 275 g/mol. The van der Waals surface area contributed by atoms with E-state index in [9.17, 15) is 4.79 Å². The van der Waals surface area contributed by atoms with E-state index in [0.717, 1.165) is 0 Å². The number of nitriles is 1. The summed E-state index contributed by atoms with van der Waals surface area (Å²) in [4.78, 5) is 14.9. The van der Waals surface area contributed by atoms with Gasteiger partial charge in [0.1, 0.15) is 17.4 Å². The summed E-state index contributed by atoms with van der Waals surface area (Å²) in [5, 5.41) is 18.3. The molecule has 2 rings (SSSR count). The Balaban J connectivity index is 2.44. The molecule has 0 aliphatic rings. The number of ether oxygens (including phenoxy) is 1. The number of aromatic carboxylic acids is 1. The lowest BCUT2D eigenvalue weighted by Gasteiger charge is -2.09. The van der Waals surface area contributed by atoms with E-state index in [4.69, 9.17) is 26.7 Å². The predicted octanol–water partition coefficient (Wildman–Crippen LogP) is 3.10. The van der Waals surface area contributed by atoms with Crippen molar-refractivity contribution in [3.63, 3.8) is 0 Å². The number of hydrogen-bond donors (Lipinski definition) is 1. The fourth-order valence-electron chi connectivity index (χ4n) is 1.43. The monoisotopic (exact) mass is 274 g/mol. The maximum Gasteiger partial charge on any atom is 0.339 e. The fourth-order valence-corrected chi connectivity index (χ4v) is 1.60. The van der Waals surface area contributed by atoms with Gasteiger partial charge in [0.15, 0.2) is 5.75 Å². The second-order valence-electron chi connectivity index (χ2n) is 3.53. The number of aromatic nitrogens is 1. The van der Waals surface area contributed by atoms with Crippen LogP contribution in [0.1, 0.15) is 15.9 Å². The molecule has 0 atom stereocenters. The molecule has 0 amide bonds. The highest BCUT2D eigenvalue weighted by Crippen LogP contribution is 2.29. The Hall–Kier alpha value is -2.58. The van der Waals surface area contributed by atoms with Crippen LogP contribution in [-0.4, -0.2) is 16.1 Å². The number of hydrogen-bond acceptors (Lipinski definition) is 4. The maximum absolute atomic E-state index is 11.1. The van der Waals surface area contributed by atoms with Gasteiger partial charge < -0.3 is 9.84 Å². The van der Waals surface area contributed by atoms with Crippen molar-refractivity contribution in [3.8, 4) is 17.6 Å². The number of nitrogens with zero attached hydrogens (tertiary/aromatic N) is 2. The minimum absolute atomic E-state index is 0.0831. The van der Waals surface area contributed by atoms with Gasteiger partial charge in [0, 0.05) is 11.2 Å². The molecule has 5 nitrogen and oxygen atoms in total. The molecule has 0 saturated heterocycles. The molecule has 1 aromatic heterocycles. The number of carbonyl (C=O) groups is 1. The van der Waals surface area contributed by atoms with E-state index in [1.54, 1.807) is 0 Å². The molecule has 1 heterocycles. The van der Waals surface area contributed by atoms with E-state index < -0.39 is 5.97 Å². The molecule has 2 aromatic rings. The first-order valence-corrected chi connectivity index (χ1v) is 5.54. The van der Waals surface area contributed by atoms with E-state index >= 15 is 0 Å². The molecule has 0 spiro atoms. The van der Waals surface area contributed by atoms with Crippen LogP contribution in [0.2, 0.25) is 5.02 Å². The lowest BCUT2D eigenvalue weighted by molar-refractivity contribution is 0.0694. The molecule has 1 N–H and O–H groups in total. The smallest absolute Gasteiger partial charge is 0.339 e. The van der Waals surface area contributed by atoms with Crippen LogP contribution in [-0.2, 0) is 0 Å². The first-order chi connectivity index (χ1) is 9.11. The summed E-state index contributed by atoms with van der Waals surface area (Å²) < 4.78 is 5.42. The second-order valence-corrected chi connectivity index (χ2v) is 3.97. The van der Waals surface area contributed by atoms with Crippen LogP contribution in [0.4, 0.5) is 0 Å². The van der Waals surface area contributed by atoms with Crippen molar-refractivity contribution < 1.29 is 14.6 Å². The van der Waals surface area contributed by atoms with Gasteiger partial charge in [0.2, 0.25) is 0 Å². The molecule has 0 bridgehead atoms. The molecule has 0 radical (unpaired) electrons. The van der Waals surface area contributed by atoms with Gasteiger partial charge in [0.25, 0.3) is 0 Å². The van der Waals surface area contributed by atoms with Gasteiger partial charge in [-0.3, -0.25) is 4.98 Å². The summed E-state index contributed by atoms with van der Waals surface area (Å²) in [5.41, 5.74) is 0.182. The van der Waals surface area contributed by atoms with Crippen molar-refractivity contribution in [2.75, 3.05) is 0 Å². The minimum atomic E-state index is -1.17. The molecule has 1 aromatic carbocycles. The van der Waals surface area contributed by atoms with Gasteiger partial charge in [-0.1, -0.05) is 11.6 Å². The Morgan fingerprint density at radius 2 is 2.16 bits per heavy atom. The number of carboxylic acid groups (broad SMARTS) is 1. The van der Waals surface area contributed by atoms with E-state index in [1.165, 1.54) is 36.7 Å². The third-order valence-electron chi connectivity index (χ3n) is 2.30. The quantitative estimate of drug-likeness (QED) is 0.930. The van der Waals surface area contributed by atoms with Crippen LogP contribution in [0.25, 0.3) is 0 Å². The van der Waals surface area contributed by atoms with Crippen molar-refractivity contribution in [3.05, 3.63) is 52.8 Å². The Labute approximate surface area is 113 Å². The number of halogens is 1. The van der Waals surface area contributed by atoms with Gasteiger partial charge in [0.05, 0.1) is 11.8 Å². The van der Waals surface area contributed by atoms with Crippen molar-refractivity contribution >= 4 is 17.6 Å². The summed E-state index contributed by atoms with van der Waals surface area (Å²) >= 11 is 5.74. The van der Waals surface area contributed by atoms with Crippen molar-refractivity contribution in [2.24, 2.45) is 0 Å². The molecule has 19 heavy (non-hydrogen) atoms. The number of rotatable bonds is 3. The van der Waals surface area contributed by atoms with Gasteiger partial charge in [-0.2, -0.15) is 5.26 Å². The van der Waals surface area contributed by atoms with Crippen LogP contribution in [0.5, 0.6) is 11.5 Å². The SMILES string of the molecule is N#Cc1ccncc1Oc1ccc(Cl)cc1C(=O)O. The van der Waals surface area contributed by atoms with Crippen LogP contribution >= 0.6 is 11.6 Å². The molecule has 0 unspecified atom stereocenters. The second kappa shape index (κ2) is 5.38. The molecule has 0 saturated carbocycles. The van der Waals surface area contributed by atoms with E-state index in [2.05, 4.69) is 4.98 Å². The summed E-state index contributed by atoms with van der Waals surface area (Å²) in [7, 11) is 0. The first-order valence-electron chi connectivity index (χ1n) is 5.16. The highest BCUT2D eigenvalue weighted by molar-refractivity contribution is 6.31. The molecule has 94 valence electrons. The van der Waals surface area contributed by atoms with Crippen LogP contribution in [0, 0.1) is 11.3 Å². The van der Waals surface area contributed by atoms with Crippen LogP contribution < -0.4 is 4.74 Å². The highest BCUT2D eigenvalue weighted by atomic mass is 35.5. The Morgan fingerprint density at radius 3 is 2.84 bits per heavy atom. The molecular formula is C13H7ClN2O3. The summed E-state index contributed by atoms with van der Waals surface area (Å²) in [6.07, 6.45) is 2.80. The lowest BCUT2D eigenvalue weighted by atomic mass is 10.2. The topological polar surface area (TPSA) is 83.2 Å². The summed E-state index contributed by atoms with van der Waals surface area (Å²) in [6.45, 7) is 0. The van der Waals surface area contributed by atoms with Gasteiger partial charge >= 0.3 is 5.97 Å². The molecule has 6 heteroatoms. The molecule has 0 fully saturated rings. The normalized spacial score (nSPS) is 9.68. The van der Waals surface area contributed by atoms with Crippen molar-refractivity contribution in [2.45, 2.75) is 0 Å². The third-order valence-corrected chi connectivity index (χ3v) is 2.53. The van der Waals surface area contributed by atoms with E-state index in [1.807, 2.05) is 6.07 Å². The number of benzene rings is 1. The summed E-state index contributed by atoms with van der Waals surface area (Å²) in [5.74, 6) is -0.879. The van der Waals surface area contributed by atoms with Crippen molar-refractivity contribution in [1.82, 2.24) is 4.98 Å². The Bertz CT molecular complexity index is 680. The fraction of sp³-hybridized carbons (Fsp3) is 0. The van der Waals surface area contributed by atoms with Crippen LogP contribution in [0.3, 0.4) is 0 Å². The minimum Gasteiger partial charge on any atom is -0.478 e. The van der Waals surface area contributed by atoms with Gasteiger partial charge in [-0.05, 0) is 24.3 Å². The zero-order valence-corrected chi connectivity index (χ0v) is 10.3. The Morgan fingerprint density at radius 1 is 1.37 bits per heavy atom. The zero-order valence-electron chi connectivity index (χ0n) is 9.50. The average Bonchev–Trinajstić information content (AvgIpc) is 2.41. The van der Waals surface area contributed by atoms with Crippen LogP contribution in [0.15, 0.2) is 36.7 Å². The predicted molar refractivity (Wildman–Crippen MR) is 67.4 cm³/mol. The van der Waals surface area contributed by atoms with Crippen molar-refractivity contribution in [1.29, 1.82) is 5.26 Å². The van der Waals surface area contributed by atoms with E-state index in [0.29, 0.717) is 0 Å². The van der Waals surface area contributed by atoms with E-state index in [-0.39, 0.29) is 27.6 Å². The Kier molecular flexibility index (Phi) is 3.64. The van der Waals surface area contributed by atoms with Gasteiger partial charge in [-0.15, -0.1) is 0 Å². The summed E-state index contributed by atoms with van der Waals surface area (Å²) in [6, 6.07) is 7.63. The first kappa shape index (κ1) is 12.9. The number of pyridine rings is 1.